The Bertz CT molecular complexity index is 1070. The number of nitrogens with zero attached hydrogens (tertiary/aromatic N) is 3. The smallest absolute Gasteiger partial charge is 0.278 e. The van der Waals surface area contributed by atoms with Crippen LogP contribution >= 0.6 is 0 Å². The van der Waals surface area contributed by atoms with E-state index in [-0.39, 0.29) is 17.9 Å². The van der Waals surface area contributed by atoms with Crippen LogP contribution in [-0.4, -0.2) is 93.8 Å². The molecular formula is C29H49N5O5S. The Kier molecular flexibility index (Phi) is 12.7. The fraction of sp³-hybridized carbons (Fsp3) is 0.724. The summed E-state index contributed by atoms with van der Waals surface area (Å²) in [5.41, 5.74) is 2.15. The number of fused-ring (bicyclic) bond motifs is 1. The molecule has 0 aliphatic carbocycles. The van der Waals surface area contributed by atoms with E-state index >= 15 is 0 Å². The zero-order valence-electron chi connectivity index (χ0n) is 24.8. The van der Waals surface area contributed by atoms with E-state index < -0.39 is 10.2 Å². The first-order valence-corrected chi connectivity index (χ1v) is 16.2. The summed E-state index contributed by atoms with van der Waals surface area (Å²) in [5, 5.41) is 3.03. The number of carbonyl (C=O) groups excluding carboxylic acids is 2. The van der Waals surface area contributed by atoms with Gasteiger partial charge in [-0.05, 0) is 76.3 Å². The van der Waals surface area contributed by atoms with Gasteiger partial charge in [0.05, 0.1) is 13.2 Å². The van der Waals surface area contributed by atoms with E-state index in [1.54, 1.807) is 0 Å². The van der Waals surface area contributed by atoms with Crippen molar-refractivity contribution in [2.45, 2.75) is 77.8 Å². The topological polar surface area (TPSA) is 111 Å². The van der Waals surface area contributed by atoms with Crippen molar-refractivity contribution in [2.75, 3.05) is 53.4 Å². The quantitative estimate of drug-likeness (QED) is 0.465. The van der Waals surface area contributed by atoms with Crippen molar-refractivity contribution in [3.8, 4) is 5.75 Å². The van der Waals surface area contributed by atoms with Gasteiger partial charge in [0.15, 0.2) is 0 Å². The molecule has 1 saturated heterocycles. The van der Waals surface area contributed by atoms with Gasteiger partial charge in [0, 0.05) is 64.8 Å². The standard InChI is InChI=1S/C29H49N5O5S/c1-23(2)34-21-26-20-25(8-10-27(26)39-19-7-5-6-15-30-28(35)22-34)9-11-29(36)33-17-13-24(14-18-33)12-16-31-40(37,38)32(3)4/h8,10,20,23-24,31H,5-7,9,11-19,21-22H2,1-4H3,(H,30,35). The van der Waals surface area contributed by atoms with Gasteiger partial charge in [-0.1, -0.05) is 12.1 Å². The van der Waals surface area contributed by atoms with Crippen LogP contribution in [-0.2, 0) is 32.8 Å². The second-order valence-electron chi connectivity index (χ2n) is 11.5. The summed E-state index contributed by atoms with van der Waals surface area (Å²) in [6.45, 7) is 8.35. The summed E-state index contributed by atoms with van der Waals surface area (Å²) in [4.78, 5) is 29.6. The van der Waals surface area contributed by atoms with Crippen molar-refractivity contribution < 1.29 is 22.7 Å². The van der Waals surface area contributed by atoms with Gasteiger partial charge in [-0.25, -0.2) is 4.72 Å². The Labute approximate surface area is 241 Å². The molecule has 0 atom stereocenters. The van der Waals surface area contributed by atoms with E-state index in [9.17, 15) is 18.0 Å². The van der Waals surface area contributed by atoms with Crippen LogP contribution in [0.1, 0.15) is 69.9 Å². The summed E-state index contributed by atoms with van der Waals surface area (Å²) in [5.74, 6) is 1.48. The number of amides is 2. The monoisotopic (exact) mass is 579 g/mol. The molecule has 2 aliphatic heterocycles. The normalized spacial score (nSPS) is 18.9. The molecule has 2 amide bonds. The summed E-state index contributed by atoms with van der Waals surface area (Å²) in [7, 11) is -0.368. The van der Waals surface area contributed by atoms with Crippen LogP contribution in [0.4, 0.5) is 0 Å². The summed E-state index contributed by atoms with van der Waals surface area (Å²) in [6, 6.07) is 6.41. The Morgan fingerprint density at radius 2 is 1.90 bits per heavy atom. The third-order valence-electron chi connectivity index (χ3n) is 7.89. The molecular weight excluding hydrogens is 530 g/mol. The van der Waals surface area contributed by atoms with Crippen molar-refractivity contribution in [1.29, 1.82) is 0 Å². The largest absolute Gasteiger partial charge is 0.493 e. The van der Waals surface area contributed by atoms with Gasteiger partial charge in [0.2, 0.25) is 11.8 Å². The molecule has 0 saturated carbocycles. The number of hydrogen-bond donors (Lipinski definition) is 2. The van der Waals surface area contributed by atoms with Crippen LogP contribution < -0.4 is 14.8 Å². The molecule has 0 unspecified atom stereocenters. The van der Waals surface area contributed by atoms with Crippen LogP contribution in [0.25, 0.3) is 0 Å². The molecule has 40 heavy (non-hydrogen) atoms. The molecule has 10 nitrogen and oxygen atoms in total. The second kappa shape index (κ2) is 15.7. The lowest BCUT2D eigenvalue weighted by atomic mass is 9.93. The average Bonchev–Trinajstić information content (AvgIpc) is 2.93. The van der Waals surface area contributed by atoms with E-state index in [2.05, 4.69) is 40.9 Å². The molecule has 1 fully saturated rings. The van der Waals surface area contributed by atoms with Gasteiger partial charge < -0.3 is 15.0 Å². The van der Waals surface area contributed by atoms with Crippen LogP contribution in [0.15, 0.2) is 18.2 Å². The van der Waals surface area contributed by atoms with Gasteiger partial charge in [-0.2, -0.15) is 12.7 Å². The second-order valence-corrected chi connectivity index (χ2v) is 13.5. The molecule has 0 bridgehead atoms. The van der Waals surface area contributed by atoms with E-state index in [1.807, 2.05) is 11.0 Å². The molecule has 0 radical (unpaired) electrons. The average molecular weight is 580 g/mol. The highest BCUT2D eigenvalue weighted by atomic mass is 32.2. The zero-order chi connectivity index (χ0) is 29.1. The highest BCUT2D eigenvalue weighted by Crippen LogP contribution is 2.25. The number of hydrogen-bond acceptors (Lipinski definition) is 6. The molecule has 226 valence electrons. The lowest BCUT2D eigenvalue weighted by Gasteiger charge is -2.32. The molecule has 2 N–H and O–H groups in total. The van der Waals surface area contributed by atoms with Gasteiger partial charge in [-0.3, -0.25) is 14.5 Å². The lowest BCUT2D eigenvalue weighted by molar-refractivity contribution is -0.132. The number of benzene rings is 1. The predicted octanol–water partition coefficient (Wildman–Crippen LogP) is 2.53. The summed E-state index contributed by atoms with van der Waals surface area (Å²) >= 11 is 0. The number of likely N-dealkylation sites (tertiary alicyclic amines) is 1. The van der Waals surface area contributed by atoms with Crippen LogP contribution in [0, 0.1) is 5.92 Å². The minimum atomic E-state index is -3.39. The maximum absolute atomic E-state index is 13.0. The van der Waals surface area contributed by atoms with E-state index in [0.29, 0.717) is 64.6 Å². The van der Waals surface area contributed by atoms with Crippen LogP contribution in [0.3, 0.4) is 0 Å². The molecule has 3 rings (SSSR count). The Balaban J connectivity index is 1.54. The predicted molar refractivity (Wildman–Crippen MR) is 157 cm³/mol. The third-order valence-corrected chi connectivity index (χ3v) is 9.42. The van der Waals surface area contributed by atoms with Gasteiger partial charge in [0.1, 0.15) is 5.75 Å². The van der Waals surface area contributed by atoms with E-state index in [4.69, 9.17) is 4.74 Å². The molecule has 11 heteroatoms. The Hall–Kier alpha value is -2.21. The Morgan fingerprint density at radius 3 is 2.60 bits per heavy atom. The highest BCUT2D eigenvalue weighted by molar-refractivity contribution is 7.87. The maximum Gasteiger partial charge on any atom is 0.278 e. The first-order chi connectivity index (χ1) is 19.0. The van der Waals surface area contributed by atoms with Gasteiger partial charge in [0.25, 0.3) is 10.2 Å². The SMILES string of the molecule is CC(C)N1CC(=O)NCCCCCOc2ccc(CCC(=O)N3CCC(CCNS(=O)(=O)N(C)C)CC3)cc2C1. The summed E-state index contributed by atoms with van der Waals surface area (Å²) in [6.07, 6.45) is 6.57. The van der Waals surface area contributed by atoms with Crippen LogP contribution in [0.2, 0.25) is 0 Å². The maximum atomic E-state index is 13.0. The number of aryl methyl sites for hydroxylation is 1. The molecule has 1 aromatic carbocycles. The summed E-state index contributed by atoms with van der Waals surface area (Å²) < 4.78 is 33.7. The number of piperidine rings is 1. The fourth-order valence-corrected chi connectivity index (χ4v) is 5.78. The molecule has 1 aromatic rings. The number of ether oxygens (including phenoxy) is 1. The van der Waals surface area contributed by atoms with Crippen LogP contribution in [0.5, 0.6) is 5.75 Å². The van der Waals surface area contributed by atoms with Crippen molar-refractivity contribution in [1.82, 2.24) is 24.1 Å². The highest BCUT2D eigenvalue weighted by Gasteiger charge is 2.24. The van der Waals surface area contributed by atoms with Gasteiger partial charge >= 0.3 is 0 Å². The van der Waals surface area contributed by atoms with E-state index in [0.717, 1.165) is 55.4 Å². The molecule has 2 heterocycles. The first kappa shape index (κ1) is 32.3. The lowest BCUT2D eigenvalue weighted by Crippen LogP contribution is -2.40. The zero-order valence-corrected chi connectivity index (χ0v) is 25.6. The van der Waals surface area contributed by atoms with Crippen molar-refractivity contribution in [3.63, 3.8) is 0 Å². The van der Waals surface area contributed by atoms with Crippen molar-refractivity contribution >= 4 is 22.0 Å². The Morgan fingerprint density at radius 1 is 1.15 bits per heavy atom. The van der Waals surface area contributed by atoms with Crippen molar-refractivity contribution in [2.24, 2.45) is 5.92 Å². The number of rotatable bonds is 9. The van der Waals surface area contributed by atoms with E-state index in [1.165, 1.54) is 18.4 Å². The molecule has 0 spiro atoms. The number of nitrogens with one attached hydrogen (secondary N) is 2. The minimum absolute atomic E-state index is 0.0517. The van der Waals surface area contributed by atoms with Gasteiger partial charge in [-0.15, -0.1) is 0 Å². The van der Waals surface area contributed by atoms with Crippen molar-refractivity contribution in [3.05, 3.63) is 29.3 Å². The number of carbonyl (C=O) groups is 2. The third kappa shape index (κ3) is 10.3. The minimum Gasteiger partial charge on any atom is -0.493 e. The molecule has 2 aliphatic rings. The first-order valence-electron chi connectivity index (χ1n) is 14.8. The fourth-order valence-electron chi connectivity index (χ4n) is 5.15. The molecule has 0 aromatic heterocycles.